The summed E-state index contributed by atoms with van der Waals surface area (Å²) in [4.78, 5) is 13.4. The number of aliphatic hydroxyl groups excluding tert-OH is 1. The van der Waals surface area contributed by atoms with E-state index in [0.29, 0.717) is 24.5 Å². The molecular formula is C17H18N2O4S. The van der Waals surface area contributed by atoms with E-state index < -0.39 is 0 Å². The second kappa shape index (κ2) is 7.94. The Hall–Kier alpha value is -2.38. The lowest BCUT2D eigenvalue weighted by atomic mass is 10.00. The first-order chi connectivity index (χ1) is 11.8. The van der Waals surface area contributed by atoms with E-state index in [2.05, 4.69) is 16.5 Å². The number of hydrogen-bond acceptors (Lipinski definition) is 6. The van der Waals surface area contributed by atoms with Crippen molar-refractivity contribution in [1.29, 1.82) is 0 Å². The average Bonchev–Trinajstić information content (AvgIpc) is 3.35. The Balaban J connectivity index is 1.53. The number of thiophene rings is 1. The van der Waals surface area contributed by atoms with Gasteiger partial charge in [-0.3, -0.25) is 4.79 Å². The molecule has 0 unspecified atom stereocenters. The zero-order chi connectivity index (χ0) is 16.8. The maximum atomic E-state index is 12.1. The molecule has 2 N–H and O–H groups in total. The van der Waals surface area contributed by atoms with E-state index in [4.69, 9.17) is 8.94 Å². The third kappa shape index (κ3) is 3.93. The van der Waals surface area contributed by atoms with Crippen molar-refractivity contribution in [2.24, 2.45) is 0 Å². The smallest absolute Gasteiger partial charge is 0.273 e. The maximum Gasteiger partial charge on any atom is 0.273 e. The summed E-state index contributed by atoms with van der Waals surface area (Å²) in [6, 6.07) is 9.08. The highest BCUT2D eigenvalue weighted by Crippen LogP contribution is 2.27. The highest BCUT2D eigenvalue weighted by molar-refractivity contribution is 7.10. The van der Waals surface area contributed by atoms with E-state index >= 15 is 0 Å². The Bertz CT molecular complexity index is 750. The van der Waals surface area contributed by atoms with Gasteiger partial charge in [0, 0.05) is 24.1 Å². The predicted molar refractivity (Wildman–Crippen MR) is 89.9 cm³/mol. The SMILES string of the molecule is O=C(NCC[C@@H](CCO)c1cccs1)c1cc(-c2ccco2)on1. The van der Waals surface area contributed by atoms with Crippen LogP contribution < -0.4 is 5.32 Å². The number of hydrogen-bond donors (Lipinski definition) is 2. The van der Waals surface area contributed by atoms with Gasteiger partial charge >= 0.3 is 0 Å². The summed E-state index contributed by atoms with van der Waals surface area (Å²) >= 11 is 1.67. The number of nitrogens with one attached hydrogen (secondary N) is 1. The van der Waals surface area contributed by atoms with Gasteiger partial charge in [-0.1, -0.05) is 11.2 Å². The third-order valence-electron chi connectivity index (χ3n) is 3.71. The molecule has 1 atom stereocenters. The van der Waals surface area contributed by atoms with Gasteiger partial charge in [-0.15, -0.1) is 11.3 Å². The first-order valence-electron chi connectivity index (χ1n) is 7.71. The molecule has 126 valence electrons. The van der Waals surface area contributed by atoms with Gasteiger partial charge in [-0.2, -0.15) is 0 Å². The van der Waals surface area contributed by atoms with Crippen LogP contribution >= 0.6 is 11.3 Å². The van der Waals surface area contributed by atoms with Gasteiger partial charge in [0.2, 0.25) is 5.76 Å². The third-order valence-corrected chi connectivity index (χ3v) is 4.74. The molecule has 3 rings (SSSR count). The lowest BCUT2D eigenvalue weighted by Gasteiger charge is -2.14. The van der Waals surface area contributed by atoms with E-state index in [9.17, 15) is 9.90 Å². The van der Waals surface area contributed by atoms with E-state index in [0.717, 1.165) is 6.42 Å². The lowest BCUT2D eigenvalue weighted by molar-refractivity contribution is 0.0943. The Morgan fingerprint density at radius 1 is 1.29 bits per heavy atom. The number of carbonyl (C=O) groups is 1. The molecule has 7 heteroatoms. The van der Waals surface area contributed by atoms with Crippen LogP contribution in [0.2, 0.25) is 0 Å². The van der Waals surface area contributed by atoms with Crippen LogP contribution in [0.25, 0.3) is 11.5 Å². The van der Waals surface area contributed by atoms with Crippen molar-refractivity contribution < 1.29 is 18.8 Å². The molecule has 1 amide bonds. The molecule has 0 radical (unpaired) electrons. The standard InChI is InChI=1S/C17H18N2O4S/c20-8-6-12(16-4-2-10-24-16)5-7-18-17(21)13-11-15(23-19-13)14-3-1-9-22-14/h1-4,9-12,20H,5-8H2,(H,18,21)/t12-/m0/s1. The highest BCUT2D eigenvalue weighted by atomic mass is 32.1. The molecule has 0 aliphatic heterocycles. The molecule has 0 fully saturated rings. The van der Waals surface area contributed by atoms with Crippen LogP contribution in [-0.2, 0) is 0 Å². The molecular weight excluding hydrogens is 328 g/mol. The number of furan rings is 1. The van der Waals surface area contributed by atoms with Gasteiger partial charge in [0.15, 0.2) is 11.5 Å². The summed E-state index contributed by atoms with van der Waals surface area (Å²) < 4.78 is 10.3. The second-order valence-corrected chi connectivity index (χ2v) is 6.30. The topological polar surface area (TPSA) is 88.5 Å². The van der Waals surface area contributed by atoms with Crippen LogP contribution in [0.3, 0.4) is 0 Å². The number of aliphatic hydroxyl groups is 1. The molecule has 0 spiro atoms. The number of nitrogens with zero attached hydrogens (tertiary/aromatic N) is 1. The van der Waals surface area contributed by atoms with Crippen LogP contribution in [0.5, 0.6) is 0 Å². The van der Waals surface area contributed by atoms with E-state index in [1.165, 1.54) is 11.1 Å². The van der Waals surface area contributed by atoms with Gasteiger partial charge in [0.25, 0.3) is 5.91 Å². The molecule has 0 saturated heterocycles. The summed E-state index contributed by atoms with van der Waals surface area (Å²) in [6.45, 7) is 0.636. The summed E-state index contributed by atoms with van der Waals surface area (Å²) in [6.07, 6.45) is 2.97. The minimum atomic E-state index is -0.287. The molecule has 3 aromatic heterocycles. The molecule has 0 bridgehead atoms. The van der Waals surface area contributed by atoms with Crippen molar-refractivity contribution in [3.8, 4) is 11.5 Å². The Morgan fingerprint density at radius 2 is 2.21 bits per heavy atom. The van der Waals surface area contributed by atoms with Crippen LogP contribution in [0.1, 0.15) is 34.1 Å². The van der Waals surface area contributed by atoms with Gasteiger partial charge in [-0.25, -0.2) is 0 Å². The molecule has 0 aliphatic rings. The van der Waals surface area contributed by atoms with Crippen LogP contribution in [0, 0.1) is 0 Å². The van der Waals surface area contributed by atoms with Crippen LogP contribution in [0.15, 0.2) is 50.9 Å². The fourth-order valence-corrected chi connectivity index (χ4v) is 3.38. The minimum absolute atomic E-state index is 0.131. The van der Waals surface area contributed by atoms with Gasteiger partial charge in [-0.05, 0) is 42.3 Å². The maximum absolute atomic E-state index is 12.1. The molecule has 3 aromatic rings. The first-order valence-corrected chi connectivity index (χ1v) is 8.59. The zero-order valence-corrected chi connectivity index (χ0v) is 13.8. The number of aromatic nitrogens is 1. The zero-order valence-electron chi connectivity index (χ0n) is 13.0. The molecule has 24 heavy (non-hydrogen) atoms. The highest BCUT2D eigenvalue weighted by Gasteiger charge is 2.16. The lowest BCUT2D eigenvalue weighted by Crippen LogP contribution is -2.26. The fraction of sp³-hybridized carbons (Fsp3) is 0.294. The Morgan fingerprint density at radius 3 is 2.92 bits per heavy atom. The van der Waals surface area contributed by atoms with Gasteiger partial charge in [0.05, 0.1) is 6.26 Å². The quantitative estimate of drug-likeness (QED) is 0.653. The predicted octanol–water partition coefficient (Wildman–Crippen LogP) is 3.28. The van der Waals surface area contributed by atoms with Crippen molar-refractivity contribution in [3.05, 3.63) is 52.5 Å². The van der Waals surface area contributed by atoms with Crippen LogP contribution in [-0.4, -0.2) is 29.3 Å². The molecule has 0 aliphatic carbocycles. The molecule has 0 aromatic carbocycles. The largest absolute Gasteiger partial charge is 0.461 e. The Kier molecular flexibility index (Phi) is 5.45. The number of carbonyl (C=O) groups excluding carboxylic acids is 1. The van der Waals surface area contributed by atoms with Crippen LogP contribution in [0.4, 0.5) is 0 Å². The van der Waals surface area contributed by atoms with Crippen molar-refractivity contribution in [2.45, 2.75) is 18.8 Å². The van der Waals surface area contributed by atoms with Crippen molar-refractivity contribution in [2.75, 3.05) is 13.2 Å². The summed E-state index contributed by atoms with van der Waals surface area (Å²) in [5.74, 6) is 0.904. The van der Waals surface area contributed by atoms with E-state index in [1.807, 2.05) is 11.4 Å². The van der Waals surface area contributed by atoms with E-state index in [1.54, 1.807) is 29.5 Å². The molecule has 6 nitrogen and oxygen atoms in total. The van der Waals surface area contributed by atoms with Gasteiger partial charge in [0.1, 0.15) is 0 Å². The number of rotatable bonds is 8. The van der Waals surface area contributed by atoms with Crippen molar-refractivity contribution in [3.63, 3.8) is 0 Å². The Labute approximate surface area is 143 Å². The fourth-order valence-electron chi connectivity index (χ4n) is 2.48. The first kappa shape index (κ1) is 16.5. The monoisotopic (exact) mass is 346 g/mol. The minimum Gasteiger partial charge on any atom is -0.461 e. The van der Waals surface area contributed by atoms with Gasteiger partial charge < -0.3 is 19.4 Å². The molecule has 0 saturated carbocycles. The number of amides is 1. The average molecular weight is 346 g/mol. The summed E-state index contributed by atoms with van der Waals surface area (Å²) in [5, 5.41) is 17.8. The van der Waals surface area contributed by atoms with Crippen molar-refractivity contribution >= 4 is 17.2 Å². The normalized spacial score (nSPS) is 12.2. The molecule has 3 heterocycles. The second-order valence-electron chi connectivity index (χ2n) is 5.32. The van der Waals surface area contributed by atoms with E-state index in [-0.39, 0.29) is 24.1 Å². The van der Waals surface area contributed by atoms with Crippen molar-refractivity contribution in [1.82, 2.24) is 10.5 Å². The summed E-state index contributed by atoms with van der Waals surface area (Å²) in [7, 11) is 0. The summed E-state index contributed by atoms with van der Waals surface area (Å²) in [5.41, 5.74) is 0.219.